The van der Waals surface area contributed by atoms with Crippen molar-refractivity contribution in [2.24, 2.45) is 0 Å². The molecular weight excluding hydrogens is 392 g/mol. The van der Waals surface area contributed by atoms with Gasteiger partial charge in [0.1, 0.15) is 12.4 Å². The largest absolute Gasteiger partial charge is 0.488 e. The van der Waals surface area contributed by atoms with E-state index < -0.39 is 6.09 Å². The lowest BCUT2D eigenvalue weighted by molar-refractivity contribution is 0.144. The Hall–Kier alpha value is -3.87. The zero-order valence-electron chi connectivity index (χ0n) is 17.3. The van der Waals surface area contributed by atoms with E-state index in [0.29, 0.717) is 35.7 Å². The van der Waals surface area contributed by atoms with Crippen molar-refractivity contribution < 1.29 is 14.3 Å². The number of anilines is 2. The van der Waals surface area contributed by atoms with Gasteiger partial charge in [0.2, 0.25) is 0 Å². The van der Waals surface area contributed by atoms with E-state index in [1.165, 1.54) is 4.68 Å². The Balaban J connectivity index is 1.70. The summed E-state index contributed by atoms with van der Waals surface area (Å²) >= 11 is 0. The molecule has 0 spiro atoms. The fourth-order valence-electron chi connectivity index (χ4n) is 3.16. The molecule has 158 valence electrons. The van der Waals surface area contributed by atoms with Gasteiger partial charge in [-0.25, -0.2) is 4.79 Å². The molecule has 0 atom stereocenters. The van der Waals surface area contributed by atoms with E-state index in [2.05, 4.69) is 15.4 Å². The molecule has 1 N–H and O–H groups in total. The Morgan fingerprint density at radius 3 is 2.71 bits per heavy atom. The van der Waals surface area contributed by atoms with Crippen molar-refractivity contribution in [3.63, 3.8) is 0 Å². The van der Waals surface area contributed by atoms with Crippen LogP contribution in [0.25, 0.3) is 10.9 Å². The molecule has 4 rings (SSSR count). The summed E-state index contributed by atoms with van der Waals surface area (Å²) in [5, 5.41) is 8.45. The van der Waals surface area contributed by atoms with Crippen LogP contribution in [0.5, 0.6) is 5.75 Å². The van der Waals surface area contributed by atoms with E-state index in [1.54, 1.807) is 12.4 Å². The third kappa shape index (κ3) is 4.83. The number of carbonyl (C=O) groups is 1. The van der Waals surface area contributed by atoms with E-state index in [-0.39, 0.29) is 0 Å². The first kappa shape index (κ1) is 20.4. The van der Waals surface area contributed by atoms with Gasteiger partial charge in [-0.05, 0) is 36.2 Å². The van der Waals surface area contributed by atoms with Crippen molar-refractivity contribution in [2.45, 2.75) is 26.4 Å². The molecule has 0 saturated heterocycles. The van der Waals surface area contributed by atoms with Crippen LogP contribution >= 0.6 is 0 Å². The Kier molecular flexibility index (Phi) is 6.42. The molecule has 0 aliphatic carbocycles. The van der Waals surface area contributed by atoms with Gasteiger partial charge in [-0.15, -0.1) is 5.10 Å². The summed E-state index contributed by atoms with van der Waals surface area (Å²) in [7, 11) is 0. The van der Waals surface area contributed by atoms with Crippen LogP contribution in [0.1, 0.15) is 25.3 Å². The molecule has 0 amide bonds. The number of ether oxygens (including phenoxy) is 2. The first-order chi connectivity index (χ1) is 15.3. The number of hydrogen-bond donors (Lipinski definition) is 1. The predicted molar refractivity (Wildman–Crippen MR) is 120 cm³/mol. The van der Waals surface area contributed by atoms with Gasteiger partial charge in [-0.2, -0.15) is 4.68 Å². The van der Waals surface area contributed by atoms with Crippen LogP contribution in [0.4, 0.5) is 16.3 Å². The third-order valence-electron chi connectivity index (χ3n) is 4.73. The van der Waals surface area contributed by atoms with Gasteiger partial charge in [-0.1, -0.05) is 49.7 Å². The van der Waals surface area contributed by atoms with Crippen LogP contribution in [-0.2, 0) is 11.3 Å². The molecule has 4 aromatic rings. The van der Waals surface area contributed by atoms with Crippen LogP contribution in [-0.4, -0.2) is 27.5 Å². The summed E-state index contributed by atoms with van der Waals surface area (Å²) in [5.41, 5.74) is 2.41. The Labute approximate surface area is 180 Å². The van der Waals surface area contributed by atoms with Crippen molar-refractivity contribution in [3.05, 3.63) is 78.6 Å². The first-order valence-electron chi connectivity index (χ1n) is 10.3. The van der Waals surface area contributed by atoms with Crippen molar-refractivity contribution >= 4 is 28.5 Å². The molecule has 0 saturated carbocycles. The number of nitrogens with one attached hydrogen (secondary N) is 1. The van der Waals surface area contributed by atoms with Crippen molar-refractivity contribution in [3.8, 4) is 5.75 Å². The highest BCUT2D eigenvalue weighted by atomic mass is 16.6. The molecular formula is C24H24N4O3. The summed E-state index contributed by atoms with van der Waals surface area (Å²) in [6, 6.07) is 19.2. The predicted octanol–water partition coefficient (Wildman–Crippen LogP) is 5.54. The molecule has 31 heavy (non-hydrogen) atoms. The van der Waals surface area contributed by atoms with E-state index in [1.807, 2.05) is 67.6 Å². The van der Waals surface area contributed by atoms with Crippen molar-refractivity contribution in [1.29, 1.82) is 0 Å². The maximum atomic E-state index is 12.7. The topological polar surface area (TPSA) is 78.3 Å². The SMILES string of the molecule is CCCCOC(=O)n1nc(Nc2cccnc2)c2c(OCc3ccccc3)cccc21. The monoisotopic (exact) mass is 416 g/mol. The van der Waals surface area contributed by atoms with Crippen LogP contribution < -0.4 is 10.1 Å². The number of aromatic nitrogens is 3. The molecule has 0 unspecified atom stereocenters. The highest BCUT2D eigenvalue weighted by molar-refractivity contribution is 6.00. The number of benzene rings is 2. The number of rotatable bonds is 8. The normalized spacial score (nSPS) is 10.7. The fraction of sp³-hybridized carbons (Fsp3) is 0.208. The fourth-order valence-corrected chi connectivity index (χ4v) is 3.16. The molecule has 0 aliphatic rings. The number of carbonyl (C=O) groups excluding carboxylic acids is 1. The highest BCUT2D eigenvalue weighted by Gasteiger charge is 2.20. The zero-order valence-corrected chi connectivity index (χ0v) is 17.3. The molecule has 7 nitrogen and oxygen atoms in total. The summed E-state index contributed by atoms with van der Waals surface area (Å²) < 4.78 is 12.8. The van der Waals surface area contributed by atoms with Gasteiger partial charge >= 0.3 is 6.09 Å². The van der Waals surface area contributed by atoms with Crippen molar-refractivity contribution in [2.75, 3.05) is 11.9 Å². The van der Waals surface area contributed by atoms with Crippen LogP contribution in [0.15, 0.2) is 73.1 Å². The summed E-state index contributed by atoms with van der Waals surface area (Å²) in [5.74, 6) is 1.12. The minimum atomic E-state index is -0.516. The minimum Gasteiger partial charge on any atom is -0.488 e. The lowest BCUT2D eigenvalue weighted by Crippen LogP contribution is -2.16. The highest BCUT2D eigenvalue weighted by Crippen LogP contribution is 2.34. The van der Waals surface area contributed by atoms with Crippen molar-refractivity contribution in [1.82, 2.24) is 14.8 Å². The molecule has 2 aromatic carbocycles. The van der Waals surface area contributed by atoms with E-state index in [9.17, 15) is 4.79 Å². The van der Waals surface area contributed by atoms with Gasteiger partial charge in [0.25, 0.3) is 0 Å². The number of nitrogens with zero attached hydrogens (tertiary/aromatic N) is 3. The number of pyridine rings is 1. The second kappa shape index (κ2) is 9.75. The number of unbranched alkanes of at least 4 members (excludes halogenated alkanes) is 1. The Morgan fingerprint density at radius 1 is 1.06 bits per heavy atom. The van der Waals surface area contributed by atoms with Crippen LogP contribution in [0.2, 0.25) is 0 Å². The van der Waals surface area contributed by atoms with Gasteiger partial charge in [0.05, 0.1) is 29.4 Å². The number of fused-ring (bicyclic) bond motifs is 1. The average Bonchev–Trinajstić information content (AvgIpc) is 3.18. The molecule has 2 heterocycles. The lowest BCUT2D eigenvalue weighted by Gasteiger charge is -2.09. The second-order valence-corrected chi connectivity index (χ2v) is 7.02. The summed E-state index contributed by atoms with van der Waals surface area (Å²) in [4.78, 5) is 16.8. The average molecular weight is 416 g/mol. The Morgan fingerprint density at radius 2 is 1.94 bits per heavy atom. The molecule has 0 radical (unpaired) electrons. The quantitative estimate of drug-likeness (QED) is 0.380. The molecule has 7 heteroatoms. The zero-order chi connectivity index (χ0) is 21.5. The van der Waals surface area contributed by atoms with E-state index in [0.717, 1.165) is 24.1 Å². The maximum absolute atomic E-state index is 12.7. The summed E-state index contributed by atoms with van der Waals surface area (Å²) in [6.07, 6.45) is 4.62. The number of hydrogen-bond acceptors (Lipinski definition) is 6. The molecule has 0 bridgehead atoms. The van der Waals surface area contributed by atoms with Gasteiger partial charge < -0.3 is 14.8 Å². The van der Waals surface area contributed by atoms with Crippen LogP contribution in [0, 0.1) is 0 Å². The van der Waals surface area contributed by atoms with Gasteiger partial charge in [0.15, 0.2) is 5.82 Å². The van der Waals surface area contributed by atoms with E-state index in [4.69, 9.17) is 9.47 Å². The Bertz CT molecular complexity index is 1140. The molecule has 0 fully saturated rings. The second-order valence-electron chi connectivity index (χ2n) is 7.02. The van der Waals surface area contributed by atoms with Gasteiger partial charge in [-0.3, -0.25) is 4.98 Å². The maximum Gasteiger partial charge on any atom is 0.435 e. The lowest BCUT2D eigenvalue weighted by atomic mass is 10.2. The third-order valence-corrected chi connectivity index (χ3v) is 4.73. The van der Waals surface area contributed by atoms with E-state index >= 15 is 0 Å². The smallest absolute Gasteiger partial charge is 0.435 e. The molecule has 2 aromatic heterocycles. The standard InChI is InChI=1S/C24H24N4O3/c1-2-3-15-30-24(29)28-20-12-7-13-21(31-17-18-9-5-4-6-10-18)22(20)23(27-28)26-19-11-8-14-25-16-19/h4-14,16H,2-3,15,17H2,1H3,(H,26,27). The first-order valence-corrected chi connectivity index (χ1v) is 10.3. The minimum absolute atomic E-state index is 0.353. The summed E-state index contributed by atoms with van der Waals surface area (Å²) in [6.45, 7) is 2.80. The van der Waals surface area contributed by atoms with Gasteiger partial charge in [0, 0.05) is 6.20 Å². The molecule has 0 aliphatic heterocycles. The van der Waals surface area contributed by atoms with Crippen LogP contribution in [0.3, 0.4) is 0 Å².